The van der Waals surface area contributed by atoms with Crippen LogP contribution < -0.4 is 5.32 Å². The Bertz CT molecular complexity index is 262. The first-order valence-corrected chi connectivity index (χ1v) is 8.50. The van der Waals surface area contributed by atoms with E-state index in [0.29, 0.717) is 5.41 Å². The Kier molecular flexibility index (Phi) is 5.70. The summed E-state index contributed by atoms with van der Waals surface area (Å²) in [6.07, 6.45) is 10.0. The number of rotatable bonds is 4. The molecule has 2 heteroatoms. The molecule has 2 rings (SSSR count). The van der Waals surface area contributed by atoms with Crippen LogP contribution >= 0.6 is 0 Å². The van der Waals surface area contributed by atoms with Gasteiger partial charge in [-0.15, -0.1) is 0 Å². The van der Waals surface area contributed by atoms with Crippen molar-refractivity contribution < 1.29 is 0 Å². The van der Waals surface area contributed by atoms with Crippen molar-refractivity contribution in [2.75, 3.05) is 33.2 Å². The van der Waals surface area contributed by atoms with E-state index in [4.69, 9.17) is 0 Å². The Morgan fingerprint density at radius 2 is 1.84 bits per heavy atom. The maximum atomic E-state index is 3.49. The molecule has 1 aliphatic carbocycles. The van der Waals surface area contributed by atoms with Gasteiger partial charge in [-0.1, -0.05) is 26.7 Å². The average molecular weight is 266 g/mol. The highest BCUT2D eigenvalue weighted by Crippen LogP contribution is 2.40. The lowest BCUT2D eigenvalue weighted by atomic mass is 9.69. The molecule has 2 fully saturated rings. The molecule has 1 saturated heterocycles. The molecule has 0 bridgehead atoms. The van der Waals surface area contributed by atoms with Crippen molar-refractivity contribution in [3.63, 3.8) is 0 Å². The number of hydrogen-bond donors (Lipinski definition) is 1. The lowest BCUT2D eigenvalue weighted by Gasteiger charge is -2.43. The Morgan fingerprint density at radius 3 is 2.58 bits per heavy atom. The van der Waals surface area contributed by atoms with E-state index in [1.807, 2.05) is 0 Å². The van der Waals surface area contributed by atoms with E-state index < -0.39 is 0 Å². The molecule has 19 heavy (non-hydrogen) atoms. The molecule has 2 aliphatic rings. The predicted octanol–water partition coefficient (Wildman–Crippen LogP) is 3.52. The fraction of sp³-hybridized carbons (Fsp3) is 1.00. The van der Waals surface area contributed by atoms with E-state index in [1.165, 1.54) is 71.1 Å². The topological polar surface area (TPSA) is 15.3 Å². The molecule has 3 atom stereocenters. The molecule has 0 aromatic carbocycles. The molecule has 2 nitrogen and oxygen atoms in total. The molecule has 3 unspecified atom stereocenters. The fourth-order valence-electron chi connectivity index (χ4n) is 4.46. The van der Waals surface area contributed by atoms with Crippen molar-refractivity contribution in [2.45, 2.75) is 58.8 Å². The van der Waals surface area contributed by atoms with Crippen LogP contribution in [0.5, 0.6) is 0 Å². The number of nitrogens with zero attached hydrogens (tertiary/aromatic N) is 1. The molecule has 0 aromatic heterocycles. The zero-order chi connectivity index (χ0) is 13.7. The van der Waals surface area contributed by atoms with Crippen molar-refractivity contribution in [1.29, 1.82) is 0 Å². The molecule has 0 radical (unpaired) electrons. The van der Waals surface area contributed by atoms with Gasteiger partial charge in [0.15, 0.2) is 0 Å². The number of nitrogens with one attached hydrogen (secondary N) is 1. The summed E-state index contributed by atoms with van der Waals surface area (Å²) in [6, 6.07) is 0. The molecule has 1 N–H and O–H groups in total. The van der Waals surface area contributed by atoms with Gasteiger partial charge in [-0.3, -0.25) is 0 Å². The predicted molar refractivity (Wildman–Crippen MR) is 83.4 cm³/mol. The van der Waals surface area contributed by atoms with Crippen molar-refractivity contribution in [1.82, 2.24) is 10.2 Å². The van der Waals surface area contributed by atoms with Gasteiger partial charge in [-0.05, 0) is 69.5 Å². The summed E-state index contributed by atoms with van der Waals surface area (Å²) in [5, 5.41) is 3.49. The zero-order valence-electron chi connectivity index (χ0n) is 13.4. The van der Waals surface area contributed by atoms with Crippen LogP contribution in [0.3, 0.4) is 0 Å². The van der Waals surface area contributed by atoms with Crippen LogP contribution in [0, 0.1) is 17.3 Å². The molecule has 1 saturated carbocycles. The Labute approximate surface area is 120 Å². The van der Waals surface area contributed by atoms with Gasteiger partial charge in [0.2, 0.25) is 0 Å². The minimum atomic E-state index is 0.556. The molecule has 112 valence electrons. The Morgan fingerprint density at radius 1 is 1.05 bits per heavy atom. The van der Waals surface area contributed by atoms with Crippen LogP contribution in [0.1, 0.15) is 58.8 Å². The summed E-state index contributed by atoms with van der Waals surface area (Å²) in [5.41, 5.74) is 0.556. The van der Waals surface area contributed by atoms with Gasteiger partial charge in [0, 0.05) is 13.1 Å². The second kappa shape index (κ2) is 7.08. The molecular formula is C17H34N2. The van der Waals surface area contributed by atoms with Gasteiger partial charge < -0.3 is 10.2 Å². The summed E-state index contributed by atoms with van der Waals surface area (Å²) >= 11 is 0. The van der Waals surface area contributed by atoms with Crippen LogP contribution in [0.25, 0.3) is 0 Å². The van der Waals surface area contributed by atoms with Gasteiger partial charge in [0.05, 0.1) is 0 Å². The number of hydrogen-bond acceptors (Lipinski definition) is 2. The Hall–Kier alpha value is -0.0800. The summed E-state index contributed by atoms with van der Waals surface area (Å²) in [4.78, 5) is 2.78. The van der Waals surface area contributed by atoms with Crippen molar-refractivity contribution in [2.24, 2.45) is 17.3 Å². The van der Waals surface area contributed by atoms with E-state index in [0.717, 1.165) is 11.8 Å². The zero-order valence-corrected chi connectivity index (χ0v) is 13.4. The van der Waals surface area contributed by atoms with E-state index in [-0.39, 0.29) is 0 Å². The standard InChI is InChI=1S/C17H34N2/c1-15-7-5-10-19(11-8-15)14-17(13-18-3)9-4-6-16(2)12-17/h15-16,18H,4-14H2,1-3H3. The minimum absolute atomic E-state index is 0.556. The Balaban J connectivity index is 1.95. The van der Waals surface area contributed by atoms with Gasteiger partial charge >= 0.3 is 0 Å². The molecular weight excluding hydrogens is 232 g/mol. The van der Waals surface area contributed by atoms with E-state index in [1.54, 1.807) is 0 Å². The van der Waals surface area contributed by atoms with Crippen LogP contribution in [-0.2, 0) is 0 Å². The maximum Gasteiger partial charge on any atom is 0.00502 e. The third-order valence-corrected chi connectivity index (χ3v) is 5.41. The average Bonchev–Trinajstić information content (AvgIpc) is 2.54. The normalized spacial score (nSPS) is 38.1. The van der Waals surface area contributed by atoms with Crippen molar-refractivity contribution in [3.05, 3.63) is 0 Å². The first-order chi connectivity index (χ1) is 9.13. The van der Waals surface area contributed by atoms with E-state index in [9.17, 15) is 0 Å². The highest BCUT2D eigenvalue weighted by atomic mass is 15.1. The lowest BCUT2D eigenvalue weighted by molar-refractivity contribution is 0.0829. The van der Waals surface area contributed by atoms with Gasteiger partial charge in [0.1, 0.15) is 0 Å². The third-order valence-electron chi connectivity index (χ3n) is 5.41. The highest BCUT2D eigenvalue weighted by molar-refractivity contribution is 4.90. The molecule has 0 spiro atoms. The minimum Gasteiger partial charge on any atom is -0.319 e. The third kappa shape index (κ3) is 4.46. The van der Waals surface area contributed by atoms with Crippen LogP contribution in [-0.4, -0.2) is 38.1 Å². The second-order valence-electron chi connectivity index (χ2n) is 7.54. The van der Waals surface area contributed by atoms with Crippen LogP contribution in [0.15, 0.2) is 0 Å². The van der Waals surface area contributed by atoms with E-state index in [2.05, 4.69) is 31.1 Å². The van der Waals surface area contributed by atoms with Crippen LogP contribution in [0.2, 0.25) is 0 Å². The van der Waals surface area contributed by atoms with E-state index >= 15 is 0 Å². The van der Waals surface area contributed by atoms with Gasteiger partial charge in [0.25, 0.3) is 0 Å². The van der Waals surface area contributed by atoms with Crippen molar-refractivity contribution >= 4 is 0 Å². The van der Waals surface area contributed by atoms with Gasteiger partial charge in [-0.25, -0.2) is 0 Å². The fourth-order valence-corrected chi connectivity index (χ4v) is 4.46. The molecule has 0 amide bonds. The first-order valence-electron chi connectivity index (χ1n) is 8.50. The van der Waals surface area contributed by atoms with Gasteiger partial charge in [-0.2, -0.15) is 0 Å². The van der Waals surface area contributed by atoms with Crippen LogP contribution in [0.4, 0.5) is 0 Å². The smallest absolute Gasteiger partial charge is 0.00502 e. The molecule has 1 heterocycles. The molecule has 0 aromatic rings. The highest BCUT2D eigenvalue weighted by Gasteiger charge is 2.36. The maximum absolute atomic E-state index is 3.49. The summed E-state index contributed by atoms with van der Waals surface area (Å²) in [6.45, 7) is 10.1. The second-order valence-corrected chi connectivity index (χ2v) is 7.54. The summed E-state index contributed by atoms with van der Waals surface area (Å²) in [5.74, 6) is 1.86. The SMILES string of the molecule is CNCC1(CN2CCCC(C)CC2)CCCC(C)C1. The lowest BCUT2D eigenvalue weighted by Crippen LogP contribution is -2.46. The van der Waals surface area contributed by atoms with Crippen molar-refractivity contribution in [3.8, 4) is 0 Å². The largest absolute Gasteiger partial charge is 0.319 e. The first kappa shape index (κ1) is 15.3. The summed E-state index contributed by atoms with van der Waals surface area (Å²) in [7, 11) is 2.13. The summed E-state index contributed by atoms with van der Waals surface area (Å²) < 4.78 is 0. The molecule has 1 aliphatic heterocycles. The quantitative estimate of drug-likeness (QED) is 0.837. The number of likely N-dealkylation sites (tertiary alicyclic amines) is 1. The monoisotopic (exact) mass is 266 g/mol.